The first-order valence-electron chi connectivity index (χ1n) is 7.05. The van der Waals surface area contributed by atoms with E-state index >= 15 is 0 Å². The molecule has 1 atom stereocenters. The maximum atomic E-state index is 13.2. The average Bonchev–Trinajstić information content (AvgIpc) is 2.45. The van der Waals surface area contributed by atoms with E-state index in [1.807, 2.05) is 6.07 Å². The molecule has 0 aliphatic heterocycles. The number of hydrogen-bond acceptors (Lipinski definition) is 2. The Morgan fingerprint density at radius 2 is 2.00 bits per heavy atom. The molecule has 0 fully saturated rings. The van der Waals surface area contributed by atoms with Crippen molar-refractivity contribution in [2.24, 2.45) is 5.73 Å². The number of nitrogens with zero attached hydrogens (tertiary/aromatic N) is 1. The summed E-state index contributed by atoms with van der Waals surface area (Å²) in [5.74, 6) is -0.335. The monoisotopic (exact) mass is 306 g/mol. The highest BCUT2D eigenvalue weighted by molar-refractivity contribution is 6.31. The van der Waals surface area contributed by atoms with Crippen LogP contribution in [0.25, 0.3) is 0 Å². The standard InChI is InChI=1S/C17H20ClFN2/c1-3-21(14-6-4-5-12(2)9-14)17(11-20)15-8-7-13(19)10-16(15)18/h4-10,17H,3,11,20H2,1-2H3. The van der Waals surface area contributed by atoms with Crippen molar-refractivity contribution < 1.29 is 4.39 Å². The molecular formula is C17H20ClFN2. The van der Waals surface area contributed by atoms with Crippen LogP contribution in [0.2, 0.25) is 5.02 Å². The van der Waals surface area contributed by atoms with Gasteiger partial charge in [-0.1, -0.05) is 29.8 Å². The lowest BCUT2D eigenvalue weighted by Gasteiger charge is -2.33. The topological polar surface area (TPSA) is 29.3 Å². The van der Waals surface area contributed by atoms with E-state index < -0.39 is 0 Å². The first kappa shape index (κ1) is 15.8. The summed E-state index contributed by atoms with van der Waals surface area (Å²) in [6, 6.07) is 12.6. The minimum atomic E-state index is -0.335. The Kier molecular flexibility index (Phi) is 5.21. The fourth-order valence-corrected chi connectivity index (χ4v) is 2.88. The van der Waals surface area contributed by atoms with Crippen molar-refractivity contribution in [2.45, 2.75) is 19.9 Å². The van der Waals surface area contributed by atoms with Crippen LogP contribution in [0.3, 0.4) is 0 Å². The zero-order valence-electron chi connectivity index (χ0n) is 12.3. The summed E-state index contributed by atoms with van der Waals surface area (Å²) >= 11 is 6.20. The molecule has 0 aliphatic carbocycles. The summed E-state index contributed by atoms with van der Waals surface area (Å²) in [6.07, 6.45) is 0. The number of benzene rings is 2. The lowest BCUT2D eigenvalue weighted by molar-refractivity contribution is 0.617. The number of aryl methyl sites for hydroxylation is 1. The van der Waals surface area contributed by atoms with E-state index in [9.17, 15) is 4.39 Å². The third kappa shape index (κ3) is 3.55. The highest BCUT2D eigenvalue weighted by atomic mass is 35.5. The van der Waals surface area contributed by atoms with Gasteiger partial charge in [0, 0.05) is 23.8 Å². The fourth-order valence-electron chi connectivity index (χ4n) is 2.58. The van der Waals surface area contributed by atoms with Gasteiger partial charge in [-0.3, -0.25) is 0 Å². The second kappa shape index (κ2) is 6.92. The molecule has 0 spiro atoms. The molecule has 2 nitrogen and oxygen atoms in total. The molecule has 112 valence electrons. The SMILES string of the molecule is CCN(c1cccc(C)c1)C(CN)c1ccc(F)cc1Cl. The summed E-state index contributed by atoms with van der Waals surface area (Å²) in [6.45, 7) is 5.33. The highest BCUT2D eigenvalue weighted by Gasteiger charge is 2.21. The van der Waals surface area contributed by atoms with Gasteiger partial charge in [-0.15, -0.1) is 0 Å². The highest BCUT2D eigenvalue weighted by Crippen LogP contribution is 2.31. The van der Waals surface area contributed by atoms with E-state index in [1.165, 1.54) is 17.7 Å². The lowest BCUT2D eigenvalue weighted by Crippen LogP contribution is -2.34. The fraction of sp³-hybridized carbons (Fsp3) is 0.294. The van der Waals surface area contributed by atoms with Gasteiger partial charge in [-0.05, 0) is 49.2 Å². The van der Waals surface area contributed by atoms with Crippen LogP contribution in [-0.2, 0) is 0 Å². The quantitative estimate of drug-likeness (QED) is 0.891. The van der Waals surface area contributed by atoms with Crippen molar-refractivity contribution in [1.29, 1.82) is 0 Å². The third-order valence-corrected chi connectivity index (χ3v) is 3.92. The van der Waals surface area contributed by atoms with Gasteiger partial charge in [0.15, 0.2) is 0 Å². The van der Waals surface area contributed by atoms with Crippen molar-refractivity contribution in [3.05, 3.63) is 64.4 Å². The summed E-state index contributed by atoms with van der Waals surface area (Å²) in [5.41, 5.74) is 9.10. The van der Waals surface area contributed by atoms with Crippen molar-refractivity contribution in [1.82, 2.24) is 0 Å². The van der Waals surface area contributed by atoms with Crippen LogP contribution < -0.4 is 10.6 Å². The Balaban J connectivity index is 2.42. The lowest BCUT2D eigenvalue weighted by atomic mass is 10.0. The third-order valence-electron chi connectivity index (χ3n) is 3.59. The summed E-state index contributed by atoms with van der Waals surface area (Å²) in [4.78, 5) is 2.19. The summed E-state index contributed by atoms with van der Waals surface area (Å²) in [7, 11) is 0. The number of hydrogen-bond donors (Lipinski definition) is 1. The largest absolute Gasteiger partial charge is 0.363 e. The van der Waals surface area contributed by atoms with Gasteiger partial charge in [-0.25, -0.2) is 4.39 Å². The van der Waals surface area contributed by atoms with Gasteiger partial charge in [0.1, 0.15) is 5.82 Å². The maximum absolute atomic E-state index is 13.2. The van der Waals surface area contributed by atoms with Crippen LogP contribution >= 0.6 is 11.6 Å². The Morgan fingerprint density at radius 1 is 1.24 bits per heavy atom. The first-order valence-corrected chi connectivity index (χ1v) is 7.43. The van der Waals surface area contributed by atoms with E-state index in [-0.39, 0.29) is 11.9 Å². The minimum Gasteiger partial charge on any atom is -0.363 e. The molecule has 1 unspecified atom stereocenters. The normalized spacial score (nSPS) is 12.2. The van der Waals surface area contributed by atoms with Gasteiger partial charge >= 0.3 is 0 Å². The van der Waals surface area contributed by atoms with Gasteiger partial charge in [0.05, 0.1) is 6.04 Å². The summed E-state index contributed by atoms with van der Waals surface area (Å²) < 4.78 is 13.2. The second-order valence-corrected chi connectivity index (χ2v) is 5.45. The van der Waals surface area contributed by atoms with E-state index in [0.717, 1.165) is 17.8 Å². The van der Waals surface area contributed by atoms with Crippen LogP contribution in [0.1, 0.15) is 24.1 Å². The van der Waals surface area contributed by atoms with Crippen LogP contribution in [0.5, 0.6) is 0 Å². The Bertz CT molecular complexity index is 615. The van der Waals surface area contributed by atoms with Gasteiger partial charge in [-0.2, -0.15) is 0 Å². The van der Waals surface area contributed by atoms with Crippen LogP contribution in [0.15, 0.2) is 42.5 Å². The molecule has 2 N–H and O–H groups in total. The molecule has 4 heteroatoms. The molecule has 0 saturated heterocycles. The predicted octanol–water partition coefficient (Wildman–Crippen LogP) is 4.31. The van der Waals surface area contributed by atoms with E-state index in [0.29, 0.717) is 11.6 Å². The molecule has 2 aromatic carbocycles. The molecule has 2 rings (SSSR count). The molecule has 2 aromatic rings. The average molecular weight is 307 g/mol. The van der Waals surface area contributed by atoms with E-state index in [4.69, 9.17) is 17.3 Å². The Hall–Kier alpha value is -1.58. The number of likely N-dealkylation sites (N-methyl/N-ethyl adjacent to an activating group) is 1. The minimum absolute atomic E-state index is 0.0788. The molecule has 0 radical (unpaired) electrons. The maximum Gasteiger partial charge on any atom is 0.124 e. The number of anilines is 1. The first-order chi connectivity index (χ1) is 10.1. The van der Waals surface area contributed by atoms with Gasteiger partial charge in [0.2, 0.25) is 0 Å². The molecular weight excluding hydrogens is 287 g/mol. The zero-order chi connectivity index (χ0) is 15.4. The van der Waals surface area contributed by atoms with Gasteiger partial charge in [0.25, 0.3) is 0 Å². The van der Waals surface area contributed by atoms with Crippen LogP contribution in [0, 0.1) is 12.7 Å². The van der Waals surface area contributed by atoms with Crippen LogP contribution in [0.4, 0.5) is 10.1 Å². The Labute approximate surface area is 130 Å². The van der Waals surface area contributed by atoms with Crippen molar-refractivity contribution in [2.75, 3.05) is 18.0 Å². The molecule has 21 heavy (non-hydrogen) atoms. The van der Waals surface area contributed by atoms with Gasteiger partial charge < -0.3 is 10.6 Å². The summed E-state index contributed by atoms with van der Waals surface area (Å²) in [5, 5.41) is 0.413. The van der Waals surface area contributed by atoms with Crippen LogP contribution in [-0.4, -0.2) is 13.1 Å². The Morgan fingerprint density at radius 3 is 2.57 bits per heavy atom. The molecule has 0 amide bonds. The zero-order valence-corrected chi connectivity index (χ0v) is 13.1. The molecule has 0 heterocycles. The number of nitrogens with two attached hydrogens (primary N) is 1. The molecule has 0 aromatic heterocycles. The van der Waals surface area contributed by atoms with E-state index in [2.05, 4.69) is 36.9 Å². The van der Waals surface area contributed by atoms with Crippen molar-refractivity contribution >= 4 is 17.3 Å². The second-order valence-electron chi connectivity index (χ2n) is 5.04. The molecule has 0 saturated carbocycles. The van der Waals surface area contributed by atoms with Crippen molar-refractivity contribution in [3.8, 4) is 0 Å². The molecule has 0 aliphatic rings. The number of rotatable bonds is 5. The smallest absolute Gasteiger partial charge is 0.124 e. The number of halogens is 2. The molecule has 0 bridgehead atoms. The van der Waals surface area contributed by atoms with Crippen molar-refractivity contribution in [3.63, 3.8) is 0 Å². The predicted molar refractivity (Wildman–Crippen MR) is 87.4 cm³/mol. The van der Waals surface area contributed by atoms with E-state index in [1.54, 1.807) is 6.07 Å².